The lowest BCUT2D eigenvalue weighted by Crippen LogP contribution is -2.16. The second-order valence-electron chi connectivity index (χ2n) is 6.39. The average molecular weight is 313 g/mol. The van der Waals surface area contributed by atoms with E-state index in [4.69, 9.17) is 4.74 Å². The summed E-state index contributed by atoms with van der Waals surface area (Å²) in [6.45, 7) is 7.70. The summed E-state index contributed by atoms with van der Waals surface area (Å²) in [5, 5.41) is 11.0. The molecule has 0 saturated carbocycles. The van der Waals surface area contributed by atoms with E-state index in [0.29, 0.717) is 11.3 Å². The van der Waals surface area contributed by atoms with E-state index in [1.165, 1.54) is 12.1 Å². The number of carbonyl (C=O) groups is 1. The third-order valence-electron chi connectivity index (χ3n) is 3.54. The molecule has 0 heterocycles. The van der Waals surface area contributed by atoms with Crippen LogP contribution >= 0.6 is 0 Å². The third kappa shape index (κ3) is 3.74. The standard InChI is InChI=1S/C18H19NO4/c1-12-9-10-13(11-15(12)19(21)22)17(20)23-16-8-6-5-7-14(16)18(2,3)4/h5-11H,1-4H3. The second kappa shape index (κ2) is 6.20. The maximum absolute atomic E-state index is 12.3. The first-order chi connectivity index (χ1) is 10.7. The Labute approximate surface area is 135 Å². The summed E-state index contributed by atoms with van der Waals surface area (Å²) in [5.41, 5.74) is 1.28. The molecule has 2 aromatic rings. The predicted molar refractivity (Wildman–Crippen MR) is 87.9 cm³/mol. The maximum atomic E-state index is 12.3. The number of para-hydroxylation sites is 1. The molecule has 2 aromatic carbocycles. The van der Waals surface area contributed by atoms with E-state index in [9.17, 15) is 14.9 Å². The number of benzene rings is 2. The number of hydrogen-bond acceptors (Lipinski definition) is 4. The zero-order chi connectivity index (χ0) is 17.2. The van der Waals surface area contributed by atoms with Crippen molar-refractivity contribution in [2.75, 3.05) is 0 Å². The minimum Gasteiger partial charge on any atom is -0.423 e. The van der Waals surface area contributed by atoms with Crippen molar-refractivity contribution in [2.45, 2.75) is 33.1 Å². The summed E-state index contributed by atoms with van der Waals surface area (Å²) >= 11 is 0. The van der Waals surface area contributed by atoms with Gasteiger partial charge >= 0.3 is 5.97 Å². The van der Waals surface area contributed by atoms with E-state index in [-0.39, 0.29) is 16.7 Å². The van der Waals surface area contributed by atoms with Crippen LogP contribution in [0.15, 0.2) is 42.5 Å². The number of rotatable bonds is 3. The Hall–Kier alpha value is -2.69. The Morgan fingerprint density at radius 1 is 1.13 bits per heavy atom. The Morgan fingerprint density at radius 3 is 2.39 bits per heavy atom. The van der Waals surface area contributed by atoms with Gasteiger partial charge in [0.1, 0.15) is 5.75 Å². The fraction of sp³-hybridized carbons (Fsp3) is 0.278. The van der Waals surface area contributed by atoms with Crippen LogP contribution in [-0.2, 0) is 5.41 Å². The first-order valence-electron chi connectivity index (χ1n) is 7.27. The van der Waals surface area contributed by atoms with Crippen LogP contribution < -0.4 is 4.74 Å². The number of carbonyl (C=O) groups excluding carboxylic acids is 1. The van der Waals surface area contributed by atoms with Gasteiger partial charge in [-0.05, 0) is 24.5 Å². The summed E-state index contributed by atoms with van der Waals surface area (Å²) in [5.74, 6) is -0.141. The van der Waals surface area contributed by atoms with Gasteiger partial charge in [0.15, 0.2) is 0 Å². The molecule has 0 aliphatic heterocycles. The molecule has 0 radical (unpaired) electrons. The summed E-state index contributed by atoms with van der Waals surface area (Å²) in [4.78, 5) is 22.8. The van der Waals surface area contributed by atoms with Crippen molar-refractivity contribution in [3.8, 4) is 5.75 Å². The van der Waals surface area contributed by atoms with E-state index in [1.54, 1.807) is 25.1 Å². The Morgan fingerprint density at radius 2 is 1.78 bits per heavy atom. The fourth-order valence-electron chi connectivity index (χ4n) is 2.27. The van der Waals surface area contributed by atoms with E-state index in [0.717, 1.165) is 5.56 Å². The second-order valence-corrected chi connectivity index (χ2v) is 6.39. The van der Waals surface area contributed by atoms with Crippen molar-refractivity contribution in [1.82, 2.24) is 0 Å². The van der Waals surface area contributed by atoms with Crippen LogP contribution in [0.1, 0.15) is 42.3 Å². The Kier molecular flexibility index (Phi) is 4.50. The lowest BCUT2D eigenvalue weighted by atomic mass is 9.86. The Bertz CT molecular complexity index is 760. The first kappa shape index (κ1) is 16.7. The highest BCUT2D eigenvalue weighted by Gasteiger charge is 2.21. The minimum atomic E-state index is -0.607. The fourth-order valence-corrected chi connectivity index (χ4v) is 2.27. The molecule has 0 unspecified atom stereocenters. The number of esters is 1. The van der Waals surface area contributed by atoms with Crippen LogP contribution in [0.5, 0.6) is 5.75 Å². The van der Waals surface area contributed by atoms with Gasteiger partial charge < -0.3 is 4.74 Å². The summed E-state index contributed by atoms with van der Waals surface area (Å²) in [7, 11) is 0. The average Bonchev–Trinajstić information content (AvgIpc) is 2.46. The Balaban J connectivity index is 2.34. The minimum absolute atomic E-state index is 0.0939. The molecule has 2 rings (SSSR count). The van der Waals surface area contributed by atoms with Crippen molar-refractivity contribution < 1.29 is 14.5 Å². The molecule has 0 aromatic heterocycles. The van der Waals surface area contributed by atoms with E-state index in [1.807, 2.05) is 32.9 Å². The van der Waals surface area contributed by atoms with Gasteiger partial charge in [-0.15, -0.1) is 0 Å². The number of nitro benzene ring substituents is 1. The van der Waals surface area contributed by atoms with Crippen molar-refractivity contribution >= 4 is 11.7 Å². The molecule has 0 bridgehead atoms. The van der Waals surface area contributed by atoms with Crippen LogP contribution in [0, 0.1) is 17.0 Å². The van der Waals surface area contributed by atoms with Gasteiger partial charge in [0.2, 0.25) is 0 Å². The van der Waals surface area contributed by atoms with Crippen LogP contribution in [0.4, 0.5) is 5.69 Å². The zero-order valence-electron chi connectivity index (χ0n) is 13.6. The highest BCUT2D eigenvalue weighted by Crippen LogP contribution is 2.31. The van der Waals surface area contributed by atoms with E-state index in [2.05, 4.69) is 0 Å². The molecule has 0 amide bonds. The van der Waals surface area contributed by atoms with Gasteiger partial charge in [-0.25, -0.2) is 4.79 Å². The molecule has 0 atom stereocenters. The molecule has 23 heavy (non-hydrogen) atoms. The maximum Gasteiger partial charge on any atom is 0.343 e. The molecule has 0 aliphatic rings. The van der Waals surface area contributed by atoms with Crippen LogP contribution in [0.3, 0.4) is 0 Å². The molecule has 5 heteroatoms. The molecule has 120 valence electrons. The van der Waals surface area contributed by atoms with Crippen LogP contribution in [0.25, 0.3) is 0 Å². The number of nitrogens with zero attached hydrogens (tertiary/aromatic N) is 1. The first-order valence-corrected chi connectivity index (χ1v) is 7.27. The SMILES string of the molecule is Cc1ccc(C(=O)Oc2ccccc2C(C)(C)C)cc1[N+](=O)[O-]. The molecule has 0 saturated heterocycles. The van der Waals surface area contributed by atoms with Gasteiger partial charge in [0.05, 0.1) is 10.5 Å². The van der Waals surface area contributed by atoms with Gasteiger partial charge in [0.25, 0.3) is 5.69 Å². The van der Waals surface area contributed by atoms with Gasteiger partial charge in [-0.3, -0.25) is 10.1 Å². The van der Waals surface area contributed by atoms with Crippen molar-refractivity contribution in [1.29, 1.82) is 0 Å². The van der Waals surface area contributed by atoms with Gasteiger partial charge in [-0.2, -0.15) is 0 Å². The number of ether oxygens (including phenoxy) is 1. The molecule has 0 aliphatic carbocycles. The van der Waals surface area contributed by atoms with E-state index >= 15 is 0 Å². The summed E-state index contributed by atoms with van der Waals surface area (Å²) < 4.78 is 5.47. The van der Waals surface area contributed by atoms with Crippen molar-refractivity contribution in [3.63, 3.8) is 0 Å². The lowest BCUT2D eigenvalue weighted by molar-refractivity contribution is -0.385. The summed E-state index contributed by atoms with van der Waals surface area (Å²) in [6.07, 6.45) is 0. The van der Waals surface area contributed by atoms with Crippen molar-refractivity contribution in [2.24, 2.45) is 0 Å². The number of hydrogen-bond donors (Lipinski definition) is 0. The van der Waals surface area contributed by atoms with Crippen LogP contribution in [0.2, 0.25) is 0 Å². The third-order valence-corrected chi connectivity index (χ3v) is 3.54. The smallest absolute Gasteiger partial charge is 0.343 e. The monoisotopic (exact) mass is 313 g/mol. The largest absolute Gasteiger partial charge is 0.423 e. The molecule has 0 fully saturated rings. The van der Waals surface area contributed by atoms with Crippen molar-refractivity contribution in [3.05, 3.63) is 69.3 Å². The highest BCUT2D eigenvalue weighted by molar-refractivity contribution is 5.92. The highest BCUT2D eigenvalue weighted by atomic mass is 16.6. The molecule has 5 nitrogen and oxygen atoms in total. The number of aryl methyl sites for hydroxylation is 1. The molecular formula is C18H19NO4. The quantitative estimate of drug-likeness (QED) is 0.364. The number of nitro groups is 1. The topological polar surface area (TPSA) is 69.4 Å². The summed E-state index contributed by atoms with van der Waals surface area (Å²) in [6, 6.07) is 11.6. The lowest BCUT2D eigenvalue weighted by Gasteiger charge is -2.22. The normalized spacial score (nSPS) is 11.1. The van der Waals surface area contributed by atoms with Crippen LogP contribution in [-0.4, -0.2) is 10.9 Å². The predicted octanol–water partition coefficient (Wildman–Crippen LogP) is 4.42. The zero-order valence-corrected chi connectivity index (χ0v) is 13.6. The molecular weight excluding hydrogens is 294 g/mol. The van der Waals surface area contributed by atoms with Gasteiger partial charge in [0, 0.05) is 17.2 Å². The van der Waals surface area contributed by atoms with Gasteiger partial charge in [-0.1, -0.05) is 45.0 Å². The van der Waals surface area contributed by atoms with E-state index < -0.39 is 10.9 Å². The molecule has 0 spiro atoms. The molecule has 0 N–H and O–H groups in total.